The predicted molar refractivity (Wildman–Crippen MR) is 238 cm³/mol. The van der Waals surface area contributed by atoms with E-state index < -0.39 is 0 Å². The number of para-hydroxylation sites is 2. The van der Waals surface area contributed by atoms with Gasteiger partial charge in [0, 0.05) is 58.5 Å². The molecule has 0 bridgehead atoms. The Labute approximate surface area is 332 Å². The maximum absolute atomic E-state index is 6.60. The standard InChI is InChI=1S/C51H34N4OS/c1-3-14-31(15-4-1)49-52-50(32-16-5-2-6-17-32)54-51(53-49)39-23-11-22-38-47-37(21-13-27-45(47)57-48(38)39)36-20-12-26-44-46(36)40-30-33(28-29-43(40)56-44)55-41-24-9-7-18-34(41)35-19-8-10-25-42(35)55/h1-30,49,51,53H,(H,52,54). The van der Waals surface area contributed by atoms with Gasteiger partial charge in [0.25, 0.3) is 0 Å². The molecule has 0 saturated heterocycles. The largest absolute Gasteiger partial charge is 0.456 e. The second-order valence-electron chi connectivity index (χ2n) is 14.7. The molecule has 2 N–H and O–H groups in total. The first kappa shape index (κ1) is 32.3. The summed E-state index contributed by atoms with van der Waals surface area (Å²) in [5.41, 5.74) is 11.0. The minimum Gasteiger partial charge on any atom is -0.456 e. The second kappa shape index (κ2) is 12.8. The Balaban J connectivity index is 1.04. The van der Waals surface area contributed by atoms with E-state index in [1.165, 1.54) is 58.7 Å². The van der Waals surface area contributed by atoms with Gasteiger partial charge in [-0.2, -0.15) is 0 Å². The number of thiophene rings is 1. The summed E-state index contributed by atoms with van der Waals surface area (Å²) in [6.45, 7) is 0. The average molecular weight is 751 g/mol. The molecule has 57 heavy (non-hydrogen) atoms. The molecule has 0 saturated carbocycles. The highest BCUT2D eigenvalue weighted by Crippen LogP contribution is 2.46. The lowest BCUT2D eigenvalue weighted by atomic mass is 9.94. The van der Waals surface area contributed by atoms with E-state index in [9.17, 15) is 0 Å². The van der Waals surface area contributed by atoms with Gasteiger partial charge in [0.2, 0.25) is 0 Å². The van der Waals surface area contributed by atoms with Crippen LogP contribution in [-0.2, 0) is 0 Å². The number of rotatable bonds is 5. The second-order valence-corrected chi connectivity index (χ2v) is 15.8. The molecule has 1 aliphatic rings. The number of aromatic nitrogens is 1. The molecule has 11 aromatic rings. The zero-order chi connectivity index (χ0) is 37.5. The summed E-state index contributed by atoms with van der Waals surface area (Å²) in [6.07, 6.45) is -0.365. The van der Waals surface area contributed by atoms with Gasteiger partial charge in [-0.1, -0.05) is 140 Å². The van der Waals surface area contributed by atoms with Crippen LogP contribution in [0.4, 0.5) is 0 Å². The number of nitrogens with one attached hydrogen (secondary N) is 2. The van der Waals surface area contributed by atoms with Crippen LogP contribution in [0.2, 0.25) is 0 Å². The van der Waals surface area contributed by atoms with Crippen molar-refractivity contribution in [3.05, 3.63) is 199 Å². The van der Waals surface area contributed by atoms with Gasteiger partial charge in [0.15, 0.2) is 0 Å². The van der Waals surface area contributed by atoms with E-state index in [1.807, 2.05) is 17.4 Å². The normalized spacial score (nSPS) is 15.9. The van der Waals surface area contributed by atoms with Crippen molar-refractivity contribution in [1.82, 2.24) is 15.2 Å². The summed E-state index contributed by atoms with van der Waals surface area (Å²) in [5.74, 6) is 0.880. The molecule has 3 aromatic heterocycles. The quantitative estimate of drug-likeness (QED) is 0.184. The number of furan rings is 1. The molecule has 8 aromatic carbocycles. The molecule has 0 amide bonds. The molecule has 1 aliphatic heterocycles. The number of fused-ring (bicyclic) bond motifs is 9. The summed E-state index contributed by atoms with van der Waals surface area (Å²) < 4.78 is 11.5. The molecule has 12 rings (SSSR count). The maximum Gasteiger partial charge on any atom is 0.136 e. The van der Waals surface area contributed by atoms with Crippen molar-refractivity contribution in [1.29, 1.82) is 0 Å². The van der Waals surface area contributed by atoms with Gasteiger partial charge >= 0.3 is 0 Å². The number of benzene rings is 8. The van der Waals surface area contributed by atoms with E-state index in [0.717, 1.165) is 44.6 Å². The molecule has 270 valence electrons. The van der Waals surface area contributed by atoms with Crippen molar-refractivity contribution in [2.45, 2.75) is 12.3 Å². The van der Waals surface area contributed by atoms with Crippen LogP contribution in [0.25, 0.3) is 80.7 Å². The summed E-state index contributed by atoms with van der Waals surface area (Å²) >= 11 is 1.84. The number of hydrogen-bond acceptors (Lipinski definition) is 5. The van der Waals surface area contributed by atoms with E-state index in [4.69, 9.17) is 9.41 Å². The van der Waals surface area contributed by atoms with Gasteiger partial charge in [-0.15, -0.1) is 11.3 Å². The van der Waals surface area contributed by atoms with Crippen LogP contribution in [0.3, 0.4) is 0 Å². The molecule has 2 atom stereocenters. The molecule has 2 unspecified atom stereocenters. The maximum atomic E-state index is 6.60. The highest BCUT2D eigenvalue weighted by molar-refractivity contribution is 7.26. The van der Waals surface area contributed by atoms with Crippen LogP contribution in [0.1, 0.15) is 29.0 Å². The third-order valence-electron chi connectivity index (χ3n) is 11.5. The highest BCUT2D eigenvalue weighted by atomic mass is 32.1. The Kier molecular flexibility index (Phi) is 7.24. The lowest BCUT2D eigenvalue weighted by Crippen LogP contribution is -2.44. The van der Waals surface area contributed by atoms with Crippen LogP contribution < -0.4 is 10.6 Å². The van der Waals surface area contributed by atoms with Crippen molar-refractivity contribution < 1.29 is 4.42 Å². The first-order valence-electron chi connectivity index (χ1n) is 19.4. The summed E-state index contributed by atoms with van der Waals surface area (Å²) in [6, 6.07) is 64.8. The van der Waals surface area contributed by atoms with Crippen molar-refractivity contribution >= 4 is 81.1 Å². The molecule has 0 fully saturated rings. The average Bonchev–Trinajstić information content (AvgIpc) is 3.96. The Bertz CT molecular complexity index is 3320. The lowest BCUT2D eigenvalue weighted by molar-refractivity contribution is 0.411. The third-order valence-corrected chi connectivity index (χ3v) is 12.7. The van der Waals surface area contributed by atoms with Crippen LogP contribution in [0, 0.1) is 0 Å². The molecule has 0 radical (unpaired) electrons. The van der Waals surface area contributed by atoms with Crippen LogP contribution >= 0.6 is 11.3 Å². The van der Waals surface area contributed by atoms with Crippen molar-refractivity contribution in [2.75, 3.05) is 0 Å². The van der Waals surface area contributed by atoms with E-state index >= 15 is 0 Å². The summed E-state index contributed by atoms with van der Waals surface area (Å²) in [7, 11) is 0. The van der Waals surface area contributed by atoms with E-state index in [2.05, 4.69) is 191 Å². The fourth-order valence-corrected chi connectivity index (χ4v) is 10.2. The van der Waals surface area contributed by atoms with E-state index in [0.29, 0.717) is 0 Å². The monoisotopic (exact) mass is 750 g/mol. The van der Waals surface area contributed by atoms with Gasteiger partial charge in [-0.3, -0.25) is 5.32 Å². The van der Waals surface area contributed by atoms with Crippen LogP contribution in [0.5, 0.6) is 0 Å². The number of nitrogens with zero attached hydrogens (tertiary/aromatic N) is 2. The van der Waals surface area contributed by atoms with Crippen molar-refractivity contribution in [3.63, 3.8) is 0 Å². The van der Waals surface area contributed by atoms with Crippen LogP contribution in [0.15, 0.2) is 191 Å². The Morgan fingerprint density at radius 3 is 2.00 bits per heavy atom. The van der Waals surface area contributed by atoms with Crippen molar-refractivity contribution in [2.24, 2.45) is 4.99 Å². The molecular weight excluding hydrogens is 717 g/mol. The number of hydrogen-bond donors (Lipinski definition) is 2. The lowest BCUT2D eigenvalue weighted by Gasteiger charge is -2.32. The molecule has 6 heteroatoms. The van der Waals surface area contributed by atoms with E-state index in [-0.39, 0.29) is 12.3 Å². The third kappa shape index (κ3) is 5.08. The summed E-state index contributed by atoms with van der Waals surface area (Å²) in [5, 5.41) is 14.7. The fraction of sp³-hybridized carbons (Fsp3) is 0.0392. The molecule has 4 heterocycles. The molecule has 0 aliphatic carbocycles. The van der Waals surface area contributed by atoms with Gasteiger partial charge in [0.05, 0.1) is 11.0 Å². The number of amidine groups is 1. The predicted octanol–water partition coefficient (Wildman–Crippen LogP) is 13.1. The van der Waals surface area contributed by atoms with Crippen LogP contribution in [-0.4, -0.2) is 10.4 Å². The van der Waals surface area contributed by atoms with Crippen molar-refractivity contribution in [3.8, 4) is 16.8 Å². The SMILES string of the molecule is c1ccc(C2=NC(c3cccc4c3sc3cccc(-c5cccc6oc7ccc(-n8c9ccccc9c9ccccc98)cc7c56)c34)NC(c3ccccc3)N2)cc1. The van der Waals surface area contributed by atoms with Gasteiger partial charge in [-0.25, -0.2) is 4.99 Å². The highest BCUT2D eigenvalue weighted by Gasteiger charge is 2.28. The smallest absolute Gasteiger partial charge is 0.136 e. The molecule has 0 spiro atoms. The van der Waals surface area contributed by atoms with Gasteiger partial charge in [-0.05, 0) is 59.2 Å². The number of aliphatic imine (C=N–C) groups is 1. The van der Waals surface area contributed by atoms with Gasteiger partial charge < -0.3 is 14.3 Å². The van der Waals surface area contributed by atoms with Gasteiger partial charge in [0.1, 0.15) is 29.3 Å². The zero-order valence-electron chi connectivity index (χ0n) is 30.7. The summed E-state index contributed by atoms with van der Waals surface area (Å²) in [4.78, 5) is 5.32. The topological polar surface area (TPSA) is 54.5 Å². The minimum atomic E-state index is -0.257. The Morgan fingerprint density at radius 2 is 1.21 bits per heavy atom. The molecule has 5 nitrogen and oxygen atoms in total. The Morgan fingerprint density at radius 1 is 0.544 bits per heavy atom. The zero-order valence-corrected chi connectivity index (χ0v) is 31.5. The minimum absolute atomic E-state index is 0.108. The van der Waals surface area contributed by atoms with E-state index in [1.54, 1.807) is 0 Å². The first-order chi connectivity index (χ1) is 28.3. The Hall–Kier alpha value is -6.99. The molecular formula is C51H34N4OS. The fourth-order valence-electron chi connectivity index (χ4n) is 8.97. The first-order valence-corrected chi connectivity index (χ1v) is 20.2.